The second-order valence-corrected chi connectivity index (χ2v) is 5.89. The molecule has 122 valence electrons. The Bertz CT molecular complexity index is 938. The van der Waals surface area contributed by atoms with Gasteiger partial charge in [0.15, 0.2) is 5.84 Å². The van der Waals surface area contributed by atoms with Crippen LogP contribution < -0.4 is 0 Å². The summed E-state index contributed by atoms with van der Waals surface area (Å²) >= 11 is 0. The number of aliphatic imine (C=N–C) groups is 2. The molecule has 0 saturated carbocycles. The predicted molar refractivity (Wildman–Crippen MR) is 100 cm³/mol. The maximum Gasteiger partial charge on any atom is 0.281 e. The van der Waals surface area contributed by atoms with Crippen LogP contribution in [0.3, 0.4) is 0 Å². The zero-order chi connectivity index (χ0) is 17.2. The van der Waals surface area contributed by atoms with Gasteiger partial charge in [-0.15, -0.1) is 0 Å². The molecule has 25 heavy (non-hydrogen) atoms. The van der Waals surface area contributed by atoms with Crippen molar-refractivity contribution in [3.8, 4) is 0 Å². The summed E-state index contributed by atoms with van der Waals surface area (Å²) in [6, 6.07) is 20.0. The first-order valence-corrected chi connectivity index (χ1v) is 8.24. The Morgan fingerprint density at radius 3 is 2.32 bits per heavy atom. The maximum atomic E-state index is 12.6. The Labute approximate surface area is 146 Å². The fourth-order valence-electron chi connectivity index (χ4n) is 2.95. The number of nitrogens with zero attached hydrogens (tertiary/aromatic N) is 3. The Morgan fingerprint density at radius 1 is 0.960 bits per heavy atom. The van der Waals surface area contributed by atoms with Crippen molar-refractivity contribution in [2.45, 2.75) is 13.3 Å². The van der Waals surface area contributed by atoms with Crippen LogP contribution >= 0.6 is 0 Å². The molecule has 0 aliphatic carbocycles. The van der Waals surface area contributed by atoms with Crippen LogP contribution in [0.2, 0.25) is 0 Å². The van der Waals surface area contributed by atoms with Crippen LogP contribution in [0.5, 0.6) is 0 Å². The summed E-state index contributed by atoms with van der Waals surface area (Å²) in [4.78, 5) is 23.5. The largest absolute Gasteiger partial charge is 0.281 e. The molecule has 0 atom stereocenters. The fourth-order valence-corrected chi connectivity index (χ4v) is 2.95. The molecule has 0 spiro atoms. The van der Waals surface area contributed by atoms with Crippen molar-refractivity contribution in [3.05, 3.63) is 89.8 Å². The van der Waals surface area contributed by atoms with Crippen LogP contribution in [-0.4, -0.2) is 22.4 Å². The average molecular weight is 327 g/mol. The summed E-state index contributed by atoms with van der Waals surface area (Å²) in [7, 11) is 0. The second kappa shape index (κ2) is 6.32. The van der Waals surface area contributed by atoms with Gasteiger partial charge in [-0.1, -0.05) is 66.7 Å². The number of rotatable bonds is 3. The first-order valence-electron chi connectivity index (χ1n) is 8.24. The van der Waals surface area contributed by atoms with Gasteiger partial charge >= 0.3 is 0 Å². The molecule has 0 N–H and O–H groups in total. The van der Waals surface area contributed by atoms with Gasteiger partial charge in [0.05, 0.1) is 11.4 Å². The van der Waals surface area contributed by atoms with Gasteiger partial charge in [-0.3, -0.25) is 9.69 Å². The lowest BCUT2D eigenvalue weighted by atomic mass is 10.1. The monoisotopic (exact) mass is 327 g/mol. The molecule has 2 aliphatic rings. The lowest BCUT2D eigenvalue weighted by Crippen LogP contribution is -2.36. The van der Waals surface area contributed by atoms with E-state index in [4.69, 9.17) is 4.99 Å². The van der Waals surface area contributed by atoms with Crippen molar-refractivity contribution in [1.82, 2.24) is 4.90 Å². The van der Waals surface area contributed by atoms with Gasteiger partial charge < -0.3 is 0 Å². The van der Waals surface area contributed by atoms with Crippen LogP contribution in [0, 0.1) is 0 Å². The van der Waals surface area contributed by atoms with E-state index in [0.29, 0.717) is 18.0 Å². The molecule has 0 aromatic heterocycles. The number of fused-ring (bicyclic) bond motifs is 1. The smallest absolute Gasteiger partial charge is 0.266 e. The molecule has 1 amide bonds. The van der Waals surface area contributed by atoms with Crippen LogP contribution in [0.4, 0.5) is 0 Å². The Hall–Kier alpha value is -3.27. The zero-order valence-corrected chi connectivity index (χ0v) is 13.9. The van der Waals surface area contributed by atoms with E-state index < -0.39 is 0 Å². The average Bonchev–Trinajstić information content (AvgIpc) is 3.00. The molecular weight excluding hydrogens is 310 g/mol. The summed E-state index contributed by atoms with van der Waals surface area (Å²) in [6.07, 6.45) is 4.15. The minimum absolute atomic E-state index is 0.105. The van der Waals surface area contributed by atoms with Crippen molar-refractivity contribution in [2.24, 2.45) is 9.98 Å². The van der Waals surface area contributed by atoms with Crippen molar-refractivity contribution in [2.75, 3.05) is 0 Å². The van der Waals surface area contributed by atoms with E-state index in [1.54, 1.807) is 17.2 Å². The summed E-state index contributed by atoms with van der Waals surface area (Å²) in [5.74, 6) is 0.521. The number of allylic oxidation sites excluding steroid dienone is 1. The van der Waals surface area contributed by atoms with E-state index in [1.807, 2.05) is 55.5 Å². The Morgan fingerprint density at radius 2 is 1.64 bits per heavy atom. The highest BCUT2D eigenvalue weighted by Gasteiger charge is 2.34. The fraction of sp³-hybridized carbons (Fsp3) is 0.0952. The number of amides is 1. The molecule has 4 heteroatoms. The third-order valence-electron chi connectivity index (χ3n) is 4.21. The van der Waals surface area contributed by atoms with Crippen LogP contribution in [-0.2, 0) is 11.2 Å². The lowest BCUT2D eigenvalue weighted by Gasteiger charge is -2.21. The minimum atomic E-state index is -0.105. The van der Waals surface area contributed by atoms with Crippen molar-refractivity contribution >= 4 is 23.2 Å². The highest BCUT2D eigenvalue weighted by molar-refractivity contribution is 6.48. The van der Waals surface area contributed by atoms with Crippen molar-refractivity contribution in [3.63, 3.8) is 0 Å². The molecule has 0 saturated heterocycles. The molecule has 0 fully saturated rings. The zero-order valence-electron chi connectivity index (χ0n) is 13.9. The first-order chi connectivity index (χ1) is 12.3. The molecule has 0 unspecified atom stereocenters. The summed E-state index contributed by atoms with van der Waals surface area (Å²) in [6.45, 7) is 1.82. The standard InChI is InChI=1S/C21H17N3O/c1-2-17-21(25)24-14-19(16-11-7-4-8-12-16)22-18(20(24)23-17)13-15-9-5-3-6-10-15/h2-12,14H,13H2,1H3/b17-2-. The molecule has 2 aliphatic heterocycles. The molecule has 2 heterocycles. The maximum absolute atomic E-state index is 12.6. The lowest BCUT2D eigenvalue weighted by molar-refractivity contribution is -0.120. The Kier molecular flexibility index (Phi) is 3.86. The highest BCUT2D eigenvalue weighted by atomic mass is 16.2. The van der Waals surface area contributed by atoms with E-state index in [0.717, 1.165) is 22.5 Å². The van der Waals surface area contributed by atoms with Crippen LogP contribution in [0.15, 0.2) is 88.6 Å². The number of benzene rings is 2. The molecule has 4 nitrogen and oxygen atoms in total. The third kappa shape index (κ3) is 2.83. The van der Waals surface area contributed by atoms with Crippen LogP contribution in [0.1, 0.15) is 18.1 Å². The van der Waals surface area contributed by atoms with E-state index in [-0.39, 0.29) is 5.91 Å². The van der Waals surface area contributed by atoms with Gasteiger partial charge in [0, 0.05) is 18.2 Å². The second-order valence-electron chi connectivity index (χ2n) is 5.89. The van der Waals surface area contributed by atoms with E-state index >= 15 is 0 Å². The van der Waals surface area contributed by atoms with Gasteiger partial charge in [0.1, 0.15) is 5.70 Å². The van der Waals surface area contributed by atoms with Gasteiger partial charge in [-0.25, -0.2) is 9.98 Å². The van der Waals surface area contributed by atoms with Crippen LogP contribution in [0.25, 0.3) is 5.70 Å². The number of carbonyl (C=O) groups excluding carboxylic acids is 1. The Balaban J connectivity index is 1.79. The predicted octanol–water partition coefficient (Wildman–Crippen LogP) is 3.83. The highest BCUT2D eigenvalue weighted by Crippen LogP contribution is 2.27. The first kappa shape index (κ1) is 15.3. The molecule has 2 aromatic rings. The number of hydrogen-bond acceptors (Lipinski definition) is 3. The van der Waals surface area contributed by atoms with Crippen molar-refractivity contribution in [1.29, 1.82) is 0 Å². The normalized spacial score (nSPS) is 18.0. The van der Waals surface area contributed by atoms with Gasteiger partial charge in [-0.2, -0.15) is 0 Å². The van der Waals surface area contributed by atoms with Crippen molar-refractivity contribution < 1.29 is 4.79 Å². The molecular formula is C21H17N3O. The number of hydrogen-bond donors (Lipinski definition) is 0. The number of carbonyl (C=O) groups is 1. The van der Waals surface area contributed by atoms with E-state index in [2.05, 4.69) is 17.1 Å². The van der Waals surface area contributed by atoms with Gasteiger partial charge in [-0.05, 0) is 12.5 Å². The summed E-state index contributed by atoms with van der Waals surface area (Å²) < 4.78 is 0. The molecule has 0 radical (unpaired) electrons. The summed E-state index contributed by atoms with van der Waals surface area (Å²) in [5, 5.41) is 0. The minimum Gasteiger partial charge on any atom is -0.266 e. The van der Waals surface area contributed by atoms with Gasteiger partial charge in [0.25, 0.3) is 5.91 Å². The summed E-state index contributed by atoms with van der Waals surface area (Å²) in [5.41, 5.74) is 4.16. The van der Waals surface area contributed by atoms with E-state index in [9.17, 15) is 4.79 Å². The third-order valence-corrected chi connectivity index (χ3v) is 4.21. The SMILES string of the molecule is C/C=C1\N=C2C(Cc3ccccc3)=NC(c3ccccc3)=CN2C1=O. The topological polar surface area (TPSA) is 45.0 Å². The van der Waals surface area contributed by atoms with Gasteiger partial charge in [0.2, 0.25) is 0 Å². The molecule has 4 rings (SSSR count). The quantitative estimate of drug-likeness (QED) is 0.790. The van der Waals surface area contributed by atoms with E-state index in [1.165, 1.54) is 0 Å². The molecule has 2 aromatic carbocycles. The molecule has 0 bridgehead atoms. The number of amidine groups is 1.